The molecule has 1 aromatic carbocycles. The molecule has 6 nitrogen and oxygen atoms in total. The molecule has 2 atom stereocenters. The van der Waals surface area contributed by atoms with Crippen LogP contribution in [0.2, 0.25) is 0 Å². The van der Waals surface area contributed by atoms with Gasteiger partial charge in [-0.05, 0) is 49.4 Å². The molecule has 2 unspecified atom stereocenters. The van der Waals surface area contributed by atoms with Crippen molar-refractivity contribution in [2.75, 3.05) is 26.2 Å². The molecule has 4 rings (SSSR count). The normalized spacial score (nSPS) is 24.2. The van der Waals surface area contributed by atoms with Crippen LogP contribution < -0.4 is 5.32 Å². The lowest BCUT2D eigenvalue weighted by molar-refractivity contribution is -0.143. The summed E-state index contributed by atoms with van der Waals surface area (Å²) < 4.78 is 83.9. The molecule has 200 valence electrons. The van der Waals surface area contributed by atoms with Gasteiger partial charge in [-0.15, -0.1) is 0 Å². The van der Waals surface area contributed by atoms with Crippen molar-refractivity contribution in [3.63, 3.8) is 0 Å². The number of amides is 2. The number of halogens is 6. The number of nitrogens with zero attached hydrogens (tertiary/aromatic N) is 2. The van der Waals surface area contributed by atoms with E-state index < -0.39 is 35.8 Å². The van der Waals surface area contributed by atoms with E-state index in [2.05, 4.69) is 5.32 Å². The third-order valence-electron chi connectivity index (χ3n) is 7.16. The first-order valence-electron chi connectivity index (χ1n) is 12.1. The van der Waals surface area contributed by atoms with E-state index in [4.69, 9.17) is 4.74 Å². The van der Waals surface area contributed by atoms with E-state index in [1.165, 1.54) is 6.92 Å². The van der Waals surface area contributed by atoms with Crippen molar-refractivity contribution in [1.29, 1.82) is 0 Å². The van der Waals surface area contributed by atoms with Crippen molar-refractivity contribution in [3.05, 3.63) is 34.9 Å². The van der Waals surface area contributed by atoms with Crippen molar-refractivity contribution in [2.45, 2.75) is 69.8 Å². The van der Waals surface area contributed by atoms with Gasteiger partial charge >= 0.3 is 12.4 Å². The van der Waals surface area contributed by atoms with Crippen LogP contribution in [-0.4, -0.2) is 66.2 Å². The molecule has 3 aliphatic heterocycles. The number of likely N-dealkylation sites (tertiary alicyclic amines) is 2. The van der Waals surface area contributed by atoms with E-state index in [0.717, 1.165) is 12.1 Å². The number of carbonyl (C=O) groups is 2. The maximum Gasteiger partial charge on any atom is 0.416 e. The highest BCUT2D eigenvalue weighted by molar-refractivity contribution is 5.79. The zero-order valence-electron chi connectivity index (χ0n) is 19.8. The summed E-state index contributed by atoms with van der Waals surface area (Å²) in [5.41, 5.74) is -2.74. The summed E-state index contributed by atoms with van der Waals surface area (Å²) in [4.78, 5) is 27.9. The van der Waals surface area contributed by atoms with E-state index in [1.807, 2.05) is 4.90 Å². The second-order valence-electron chi connectivity index (χ2n) is 9.76. The van der Waals surface area contributed by atoms with Gasteiger partial charge in [-0.25, -0.2) is 0 Å². The van der Waals surface area contributed by atoms with Crippen molar-refractivity contribution in [3.8, 4) is 0 Å². The fourth-order valence-electron chi connectivity index (χ4n) is 5.01. The number of alkyl halides is 6. The maximum atomic E-state index is 13.1. The SMILES string of the molecule is CC(=O)N1CCC(C(=O)N2CCC(NC3OC3Cc3cc(C(F)(F)F)cc(C(F)(F)F)c3)CC2)CC1. The molecule has 36 heavy (non-hydrogen) atoms. The molecule has 3 heterocycles. The lowest BCUT2D eigenvalue weighted by Gasteiger charge is -2.37. The number of benzene rings is 1. The van der Waals surface area contributed by atoms with Gasteiger partial charge in [0.25, 0.3) is 0 Å². The van der Waals surface area contributed by atoms with Crippen molar-refractivity contribution in [1.82, 2.24) is 15.1 Å². The molecule has 12 heteroatoms. The molecule has 3 aliphatic rings. The highest BCUT2D eigenvalue weighted by atomic mass is 19.4. The van der Waals surface area contributed by atoms with E-state index >= 15 is 0 Å². The van der Waals surface area contributed by atoms with Crippen LogP contribution in [0.15, 0.2) is 18.2 Å². The molecule has 3 fully saturated rings. The van der Waals surface area contributed by atoms with Crippen LogP contribution in [0.3, 0.4) is 0 Å². The van der Waals surface area contributed by atoms with Gasteiger partial charge in [0, 0.05) is 51.5 Å². The lowest BCUT2D eigenvalue weighted by Crippen LogP contribution is -2.49. The first kappa shape index (κ1) is 26.7. The van der Waals surface area contributed by atoms with Crippen molar-refractivity contribution in [2.24, 2.45) is 5.92 Å². The van der Waals surface area contributed by atoms with Crippen LogP contribution in [0.1, 0.15) is 49.3 Å². The van der Waals surface area contributed by atoms with Crippen LogP contribution in [-0.2, 0) is 33.1 Å². The Hall–Kier alpha value is -2.34. The van der Waals surface area contributed by atoms with E-state index in [1.54, 1.807) is 4.90 Å². The third kappa shape index (κ3) is 6.50. The van der Waals surface area contributed by atoms with Crippen LogP contribution in [0.5, 0.6) is 0 Å². The Balaban J connectivity index is 1.25. The van der Waals surface area contributed by atoms with Crippen LogP contribution in [0, 0.1) is 5.92 Å². The van der Waals surface area contributed by atoms with Gasteiger partial charge in [0.1, 0.15) is 12.3 Å². The molecule has 0 saturated carbocycles. The Morgan fingerprint density at radius 1 is 0.889 bits per heavy atom. The molecule has 2 amide bonds. The van der Waals surface area contributed by atoms with E-state index in [9.17, 15) is 35.9 Å². The summed E-state index contributed by atoms with van der Waals surface area (Å²) in [6, 6.07) is 1.63. The summed E-state index contributed by atoms with van der Waals surface area (Å²) in [5.74, 6) is 0.0276. The Bertz CT molecular complexity index is 935. The second kappa shape index (κ2) is 10.2. The summed E-state index contributed by atoms with van der Waals surface area (Å²) in [6.07, 6.45) is -8.14. The molecular weight excluding hydrogens is 492 g/mol. The van der Waals surface area contributed by atoms with Gasteiger partial charge in [0.15, 0.2) is 0 Å². The van der Waals surface area contributed by atoms with Gasteiger partial charge in [-0.1, -0.05) is 0 Å². The van der Waals surface area contributed by atoms with Crippen LogP contribution >= 0.6 is 0 Å². The van der Waals surface area contributed by atoms with Gasteiger partial charge in [-0.2, -0.15) is 26.3 Å². The summed E-state index contributed by atoms with van der Waals surface area (Å²) >= 11 is 0. The monoisotopic (exact) mass is 521 g/mol. The summed E-state index contributed by atoms with van der Waals surface area (Å²) in [5, 5.41) is 3.26. The molecule has 0 radical (unpaired) electrons. The number of epoxide rings is 1. The number of rotatable bonds is 5. The molecule has 0 aliphatic carbocycles. The Morgan fingerprint density at radius 2 is 1.42 bits per heavy atom. The quantitative estimate of drug-likeness (QED) is 0.473. The van der Waals surface area contributed by atoms with E-state index in [-0.39, 0.29) is 41.8 Å². The van der Waals surface area contributed by atoms with Crippen LogP contribution in [0.4, 0.5) is 26.3 Å². The minimum absolute atomic E-state index is 0.0160. The summed E-state index contributed by atoms with van der Waals surface area (Å²) in [6.45, 7) is 3.81. The topological polar surface area (TPSA) is 65.2 Å². The first-order valence-corrected chi connectivity index (χ1v) is 12.1. The number of nitrogens with one attached hydrogen (secondary N) is 1. The number of hydrogen-bond donors (Lipinski definition) is 1. The third-order valence-corrected chi connectivity index (χ3v) is 7.16. The number of piperidine rings is 2. The van der Waals surface area contributed by atoms with Crippen molar-refractivity contribution < 1.29 is 40.7 Å². The molecule has 1 N–H and O–H groups in total. The van der Waals surface area contributed by atoms with Crippen LogP contribution in [0.25, 0.3) is 0 Å². The predicted molar refractivity (Wildman–Crippen MR) is 117 cm³/mol. The summed E-state index contributed by atoms with van der Waals surface area (Å²) in [7, 11) is 0. The Labute approximate surface area is 204 Å². The molecule has 0 aromatic heterocycles. The lowest BCUT2D eigenvalue weighted by atomic mass is 9.93. The zero-order valence-corrected chi connectivity index (χ0v) is 19.8. The predicted octanol–water partition coefficient (Wildman–Crippen LogP) is 3.83. The Morgan fingerprint density at radius 3 is 1.92 bits per heavy atom. The fraction of sp³-hybridized carbons (Fsp3) is 0.667. The molecule has 3 saturated heterocycles. The molecule has 0 bridgehead atoms. The largest absolute Gasteiger partial charge is 0.416 e. The Kier molecular flexibility index (Phi) is 7.57. The molecule has 0 spiro atoms. The highest BCUT2D eigenvalue weighted by Crippen LogP contribution is 2.37. The number of carbonyl (C=O) groups excluding carboxylic acids is 2. The highest BCUT2D eigenvalue weighted by Gasteiger charge is 2.42. The van der Waals surface area contributed by atoms with Crippen molar-refractivity contribution >= 4 is 11.8 Å². The minimum atomic E-state index is -4.88. The average Bonchev–Trinajstić information content (AvgIpc) is 3.54. The molecule has 1 aromatic rings. The average molecular weight is 522 g/mol. The maximum absolute atomic E-state index is 13.1. The fourth-order valence-corrected chi connectivity index (χ4v) is 5.01. The van der Waals surface area contributed by atoms with Gasteiger partial charge in [-0.3, -0.25) is 14.9 Å². The second-order valence-corrected chi connectivity index (χ2v) is 9.76. The number of ether oxygens (including phenoxy) is 1. The standard InChI is InChI=1S/C24H29F6N3O3/c1-14(34)32-6-2-16(3-7-32)22(35)33-8-4-19(5-9-33)31-21-20(36-21)12-15-10-17(23(25,26)27)13-18(11-15)24(28,29)30/h10-11,13,16,19-21,31H,2-9,12H2,1H3. The number of hydrogen-bond acceptors (Lipinski definition) is 4. The van der Waals surface area contributed by atoms with Gasteiger partial charge in [0.2, 0.25) is 11.8 Å². The smallest absolute Gasteiger partial charge is 0.353 e. The van der Waals surface area contributed by atoms with E-state index in [0.29, 0.717) is 51.9 Å². The zero-order chi connectivity index (χ0) is 26.3. The van der Waals surface area contributed by atoms with Gasteiger partial charge < -0.3 is 14.5 Å². The van der Waals surface area contributed by atoms with Gasteiger partial charge in [0.05, 0.1) is 11.1 Å². The minimum Gasteiger partial charge on any atom is -0.353 e. The first-order chi connectivity index (χ1) is 16.8. The molecular formula is C24H29F6N3O3.